The molecule has 0 bridgehead atoms. The highest BCUT2D eigenvalue weighted by Crippen LogP contribution is 2.18. The van der Waals surface area contributed by atoms with Crippen molar-refractivity contribution in [2.24, 2.45) is 0 Å². The molecule has 7 nitrogen and oxygen atoms in total. The van der Waals surface area contributed by atoms with Gasteiger partial charge in [-0.25, -0.2) is 0 Å². The molecule has 2 rings (SSSR count). The summed E-state index contributed by atoms with van der Waals surface area (Å²) < 4.78 is 0. The third-order valence-electron chi connectivity index (χ3n) is 3.40. The van der Waals surface area contributed by atoms with Crippen molar-refractivity contribution >= 4 is 11.7 Å². The zero-order chi connectivity index (χ0) is 16.8. The molecule has 0 heterocycles. The van der Waals surface area contributed by atoms with Crippen LogP contribution in [0, 0.1) is 10.1 Å². The molecule has 0 spiro atoms. The van der Waals surface area contributed by atoms with Crippen molar-refractivity contribution in [1.29, 1.82) is 0 Å². The quantitative estimate of drug-likeness (QED) is 0.532. The van der Waals surface area contributed by atoms with E-state index in [4.69, 9.17) is 0 Å². The van der Waals surface area contributed by atoms with Crippen LogP contribution in [0.5, 0.6) is 5.75 Å². The minimum Gasteiger partial charge on any atom is -0.508 e. The van der Waals surface area contributed by atoms with Crippen molar-refractivity contribution in [1.82, 2.24) is 5.32 Å². The summed E-state index contributed by atoms with van der Waals surface area (Å²) in [4.78, 5) is 21.8. The molecular formula is C16H16N2O5. The van der Waals surface area contributed by atoms with Crippen LogP contribution in [0.3, 0.4) is 0 Å². The van der Waals surface area contributed by atoms with Crippen LogP contribution in [0.1, 0.15) is 11.1 Å². The highest BCUT2D eigenvalue weighted by Gasteiger charge is 2.19. The van der Waals surface area contributed by atoms with Crippen molar-refractivity contribution in [3.8, 4) is 5.75 Å². The molecule has 2 aromatic carbocycles. The molecule has 0 saturated carbocycles. The molecule has 120 valence electrons. The molecule has 2 aromatic rings. The van der Waals surface area contributed by atoms with E-state index in [1.165, 1.54) is 18.2 Å². The first-order valence-corrected chi connectivity index (χ1v) is 6.94. The van der Waals surface area contributed by atoms with Crippen molar-refractivity contribution < 1.29 is 19.9 Å². The molecular weight excluding hydrogens is 300 g/mol. The molecule has 23 heavy (non-hydrogen) atoms. The number of para-hydroxylation sites is 1. The van der Waals surface area contributed by atoms with Gasteiger partial charge in [0.1, 0.15) is 11.8 Å². The topological polar surface area (TPSA) is 113 Å². The van der Waals surface area contributed by atoms with Crippen molar-refractivity contribution in [3.63, 3.8) is 0 Å². The van der Waals surface area contributed by atoms with E-state index < -0.39 is 16.9 Å². The first kappa shape index (κ1) is 16.4. The maximum Gasteiger partial charge on any atom is 0.321 e. The van der Waals surface area contributed by atoms with E-state index >= 15 is 0 Å². The number of aliphatic carboxylic acids is 1. The average molecular weight is 316 g/mol. The Morgan fingerprint density at radius 1 is 1.17 bits per heavy atom. The maximum absolute atomic E-state index is 11.4. The molecule has 0 aliphatic rings. The number of aromatic hydroxyl groups is 1. The van der Waals surface area contributed by atoms with Gasteiger partial charge in [0, 0.05) is 18.2 Å². The molecule has 1 atom stereocenters. The SMILES string of the molecule is O=C(O)C(Cc1ccc(O)cc1)NCc1ccccc1[N+](=O)[O-]. The number of nitrogens with one attached hydrogen (secondary N) is 1. The molecule has 0 aliphatic heterocycles. The summed E-state index contributed by atoms with van der Waals surface area (Å²) in [6.45, 7) is 0.0756. The van der Waals surface area contributed by atoms with Crippen LogP contribution < -0.4 is 5.32 Å². The monoisotopic (exact) mass is 316 g/mol. The largest absolute Gasteiger partial charge is 0.508 e. The van der Waals surface area contributed by atoms with Crippen LogP contribution in [-0.2, 0) is 17.8 Å². The van der Waals surface area contributed by atoms with Crippen LogP contribution in [0.4, 0.5) is 5.69 Å². The summed E-state index contributed by atoms with van der Waals surface area (Å²) in [5.74, 6) is -0.940. The molecule has 0 saturated heterocycles. The normalized spacial score (nSPS) is 11.8. The fourth-order valence-corrected chi connectivity index (χ4v) is 2.19. The first-order chi connectivity index (χ1) is 11.0. The molecule has 3 N–H and O–H groups in total. The van der Waals surface area contributed by atoms with Gasteiger partial charge in [-0.3, -0.25) is 20.2 Å². The lowest BCUT2D eigenvalue weighted by Crippen LogP contribution is -2.38. The lowest BCUT2D eigenvalue weighted by molar-refractivity contribution is -0.385. The number of nitro benzene ring substituents is 1. The maximum atomic E-state index is 11.4. The zero-order valence-electron chi connectivity index (χ0n) is 12.2. The Balaban J connectivity index is 2.07. The van der Waals surface area contributed by atoms with Crippen LogP contribution >= 0.6 is 0 Å². The van der Waals surface area contributed by atoms with Gasteiger partial charge in [0.15, 0.2) is 0 Å². The second kappa shape index (κ2) is 7.37. The minimum atomic E-state index is -1.04. The Morgan fingerprint density at radius 3 is 2.43 bits per heavy atom. The molecule has 0 radical (unpaired) electrons. The Bertz CT molecular complexity index is 700. The number of phenolic OH excluding ortho intramolecular Hbond substituents is 1. The van der Waals surface area contributed by atoms with Crippen LogP contribution in [0.15, 0.2) is 48.5 Å². The number of hydrogen-bond donors (Lipinski definition) is 3. The number of hydrogen-bond acceptors (Lipinski definition) is 5. The third-order valence-corrected chi connectivity index (χ3v) is 3.40. The van der Waals surface area contributed by atoms with Crippen LogP contribution in [0.2, 0.25) is 0 Å². The zero-order valence-corrected chi connectivity index (χ0v) is 12.2. The van der Waals surface area contributed by atoms with Crippen molar-refractivity contribution in [3.05, 3.63) is 69.8 Å². The molecule has 1 unspecified atom stereocenters. The standard InChI is InChI=1S/C16H16N2O5/c19-13-7-5-11(6-8-13)9-14(16(20)21)17-10-12-3-1-2-4-15(12)18(22)23/h1-8,14,17,19H,9-10H2,(H,20,21). The lowest BCUT2D eigenvalue weighted by atomic mass is 10.1. The molecule has 0 aliphatic carbocycles. The molecule has 0 aromatic heterocycles. The highest BCUT2D eigenvalue weighted by molar-refractivity contribution is 5.74. The Labute approximate surface area is 132 Å². The number of carboxylic acids is 1. The van der Waals surface area contributed by atoms with E-state index in [-0.39, 0.29) is 24.4 Å². The van der Waals surface area contributed by atoms with E-state index in [0.29, 0.717) is 5.56 Å². The summed E-state index contributed by atoms with van der Waals surface area (Å²) in [5, 5.41) is 32.3. The van der Waals surface area contributed by atoms with Crippen LogP contribution in [-0.4, -0.2) is 27.1 Å². The van der Waals surface area contributed by atoms with Gasteiger partial charge in [0.25, 0.3) is 5.69 Å². The Hall–Kier alpha value is -2.93. The van der Waals surface area contributed by atoms with Gasteiger partial charge in [-0.15, -0.1) is 0 Å². The van der Waals surface area contributed by atoms with Gasteiger partial charge in [-0.2, -0.15) is 0 Å². The van der Waals surface area contributed by atoms with E-state index in [1.807, 2.05) is 0 Å². The summed E-state index contributed by atoms with van der Waals surface area (Å²) >= 11 is 0. The predicted octanol–water partition coefficient (Wildman–Crippen LogP) is 2.09. The average Bonchev–Trinajstić information content (AvgIpc) is 2.53. The number of nitro groups is 1. The van der Waals surface area contributed by atoms with Crippen molar-refractivity contribution in [2.45, 2.75) is 19.0 Å². The van der Waals surface area contributed by atoms with Crippen LogP contribution in [0.25, 0.3) is 0 Å². The number of carboxylic acid groups (broad SMARTS) is 1. The fraction of sp³-hybridized carbons (Fsp3) is 0.188. The highest BCUT2D eigenvalue weighted by atomic mass is 16.6. The third kappa shape index (κ3) is 4.52. The number of rotatable bonds is 7. The minimum absolute atomic E-state index is 0.0474. The summed E-state index contributed by atoms with van der Waals surface area (Å²) in [5.41, 5.74) is 1.12. The second-order valence-corrected chi connectivity index (χ2v) is 5.03. The Kier molecular flexibility index (Phi) is 5.27. The van der Waals surface area contributed by atoms with Gasteiger partial charge in [-0.1, -0.05) is 30.3 Å². The van der Waals surface area contributed by atoms with E-state index in [1.54, 1.807) is 30.3 Å². The predicted molar refractivity (Wildman–Crippen MR) is 83.2 cm³/mol. The molecule has 7 heteroatoms. The summed E-state index contributed by atoms with van der Waals surface area (Å²) in [6.07, 6.45) is 0.205. The summed E-state index contributed by atoms with van der Waals surface area (Å²) in [7, 11) is 0. The fourth-order valence-electron chi connectivity index (χ4n) is 2.19. The van der Waals surface area contributed by atoms with Gasteiger partial charge in [0.2, 0.25) is 0 Å². The number of phenols is 1. The second-order valence-electron chi connectivity index (χ2n) is 5.03. The lowest BCUT2D eigenvalue weighted by Gasteiger charge is -2.14. The number of carbonyl (C=O) groups is 1. The smallest absolute Gasteiger partial charge is 0.321 e. The number of nitrogens with zero attached hydrogens (tertiary/aromatic N) is 1. The molecule has 0 fully saturated rings. The van der Waals surface area contributed by atoms with E-state index in [2.05, 4.69) is 5.32 Å². The van der Waals surface area contributed by atoms with E-state index in [0.717, 1.165) is 5.56 Å². The number of benzene rings is 2. The first-order valence-electron chi connectivity index (χ1n) is 6.94. The van der Waals surface area contributed by atoms with Gasteiger partial charge >= 0.3 is 5.97 Å². The van der Waals surface area contributed by atoms with Gasteiger partial charge in [-0.05, 0) is 24.1 Å². The Morgan fingerprint density at radius 2 is 1.83 bits per heavy atom. The van der Waals surface area contributed by atoms with Crippen molar-refractivity contribution in [2.75, 3.05) is 0 Å². The van der Waals surface area contributed by atoms with Gasteiger partial charge in [0.05, 0.1) is 4.92 Å². The van der Waals surface area contributed by atoms with E-state index in [9.17, 15) is 25.1 Å². The summed E-state index contributed by atoms with van der Waals surface area (Å²) in [6, 6.07) is 11.5. The van der Waals surface area contributed by atoms with Gasteiger partial charge < -0.3 is 10.2 Å². The molecule has 0 amide bonds.